The van der Waals surface area contributed by atoms with Crippen LogP contribution in [0.25, 0.3) is 0 Å². The smallest absolute Gasteiger partial charge is 0.0724 e. The van der Waals surface area contributed by atoms with E-state index in [1.54, 1.807) is 0 Å². The van der Waals surface area contributed by atoms with Crippen LogP contribution < -0.4 is 5.32 Å². The standard InChI is InChI=1S/C15H29NO/c1-12-8-4-3-5-9-13(12)16-14-10-6-7-11-15(14)17-2/h12-16H,3-11H2,1-2H3. The Morgan fingerprint density at radius 3 is 2.29 bits per heavy atom. The summed E-state index contributed by atoms with van der Waals surface area (Å²) in [7, 11) is 1.88. The lowest BCUT2D eigenvalue weighted by atomic mass is 9.89. The summed E-state index contributed by atoms with van der Waals surface area (Å²) in [6.45, 7) is 2.42. The SMILES string of the molecule is COC1CCCCC1NC1CCCCCC1C. The van der Waals surface area contributed by atoms with Gasteiger partial charge in [-0.05, 0) is 31.6 Å². The fourth-order valence-corrected chi connectivity index (χ4v) is 3.59. The zero-order valence-electron chi connectivity index (χ0n) is 11.6. The molecule has 2 aliphatic carbocycles. The molecule has 0 saturated heterocycles. The normalized spacial score (nSPS) is 39.9. The molecule has 0 heterocycles. The topological polar surface area (TPSA) is 21.3 Å². The van der Waals surface area contributed by atoms with Crippen molar-refractivity contribution in [3.8, 4) is 0 Å². The Morgan fingerprint density at radius 2 is 1.47 bits per heavy atom. The maximum atomic E-state index is 5.65. The Bertz CT molecular complexity index is 219. The molecule has 2 heteroatoms. The molecule has 4 unspecified atom stereocenters. The van der Waals surface area contributed by atoms with E-state index in [-0.39, 0.29) is 0 Å². The molecule has 17 heavy (non-hydrogen) atoms. The highest BCUT2D eigenvalue weighted by molar-refractivity contribution is 4.87. The first-order valence-electron chi connectivity index (χ1n) is 7.60. The van der Waals surface area contributed by atoms with Crippen LogP contribution in [0.3, 0.4) is 0 Å². The summed E-state index contributed by atoms with van der Waals surface area (Å²) in [5, 5.41) is 3.92. The molecule has 0 spiro atoms. The molecule has 2 nitrogen and oxygen atoms in total. The molecule has 2 rings (SSSR count). The summed E-state index contributed by atoms with van der Waals surface area (Å²) in [4.78, 5) is 0. The monoisotopic (exact) mass is 239 g/mol. The zero-order valence-corrected chi connectivity index (χ0v) is 11.6. The molecule has 0 aliphatic heterocycles. The number of hydrogen-bond donors (Lipinski definition) is 1. The van der Waals surface area contributed by atoms with Gasteiger partial charge in [-0.1, -0.05) is 39.0 Å². The van der Waals surface area contributed by atoms with Crippen LogP contribution in [-0.2, 0) is 4.74 Å². The lowest BCUT2D eigenvalue weighted by molar-refractivity contribution is 0.0345. The van der Waals surface area contributed by atoms with Crippen LogP contribution in [0.5, 0.6) is 0 Å². The molecule has 0 aromatic rings. The number of nitrogens with one attached hydrogen (secondary N) is 1. The van der Waals surface area contributed by atoms with Crippen molar-refractivity contribution in [3.05, 3.63) is 0 Å². The van der Waals surface area contributed by atoms with Gasteiger partial charge >= 0.3 is 0 Å². The predicted octanol–water partition coefficient (Wildman–Crippen LogP) is 3.50. The van der Waals surface area contributed by atoms with Crippen LogP contribution in [0.15, 0.2) is 0 Å². The van der Waals surface area contributed by atoms with Gasteiger partial charge in [0.1, 0.15) is 0 Å². The number of rotatable bonds is 3. The molecule has 100 valence electrons. The minimum atomic E-state index is 0.458. The van der Waals surface area contributed by atoms with Gasteiger partial charge in [0.2, 0.25) is 0 Å². The second-order valence-electron chi connectivity index (χ2n) is 6.05. The molecule has 1 N–H and O–H groups in total. The highest BCUT2D eigenvalue weighted by Crippen LogP contribution is 2.27. The van der Waals surface area contributed by atoms with Crippen LogP contribution in [0.1, 0.15) is 64.7 Å². The maximum absolute atomic E-state index is 5.65. The molecule has 0 radical (unpaired) electrons. The zero-order chi connectivity index (χ0) is 12.1. The molecular formula is C15H29NO. The second-order valence-corrected chi connectivity index (χ2v) is 6.05. The molecule has 0 bridgehead atoms. The number of methoxy groups -OCH3 is 1. The first kappa shape index (κ1) is 13.4. The van der Waals surface area contributed by atoms with Gasteiger partial charge in [0.25, 0.3) is 0 Å². The third kappa shape index (κ3) is 3.69. The molecular weight excluding hydrogens is 210 g/mol. The van der Waals surface area contributed by atoms with Gasteiger partial charge in [-0.15, -0.1) is 0 Å². The Hall–Kier alpha value is -0.0800. The summed E-state index contributed by atoms with van der Waals surface area (Å²) in [5.74, 6) is 0.844. The predicted molar refractivity (Wildman–Crippen MR) is 72.2 cm³/mol. The van der Waals surface area contributed by atoms with Crippen LogP contribution in [-0.4, -0.2) is 25.3 Å². The van der Waals surface area contributed by atoms with Crippen molar-refractivity contribution in [1.82, 2.24) is 5.32 Å². The molecule has 0 amide bonds. The van der Waals surface area contributed by atoms with E-state index in [0.29, 0.717) is 12.1 Å². The van der Waals surface area contributed by atoms with E-state index in [1.807, 2.05) is 7.11 Å². The van der Waals surface area contributed by atoms with Crippen molar-refractivity contribution in [2.45, 2.75) is 82.9 Å². The van der Waals surface area contributed by atoms with E-state index in [2.05, 4.69) is 12.2 Å². The molecule has 0 aromatic carbocycles. The molecule has 0 aromatic heterocycles. The fraction of sp³-hybridized carbons (Fsp3) is 1.00. The van der Waals surface area contributed by atoms with Crippen molar-refractivity contribution < 1.29 is 4.74 Å². The molecule has 4 atom stereocenters. The Morgan fingerprint density at radius 1 is 0.824 bits per heavy atom. The van der Waals surface area contributed by atoms with Gasteiger partial charge < -0.3 is 10.1 Å². The average molecular weight is 239 g/mol. The van der Waals surface area contributed by atoms with Crippen LogP contribution >= 0.6 is 0 Å². The third-order valence-electron chi connectivity index (χ3n) is 4.79. The largest absolute Gasteiger partial charge is 0.380 e. The van der Waals surface area contributed by atoms with E-state index >= 15 is 0 Å². The number of ether oxygens (including phenoxy) is 1. The lowest BCUT2D eigenvalue weighted by Gasteiger charge is -2.36. The highest BCUT2D eigenvalue weighted by Gasteiger charge is 2.29. The minimum absolute atomic E-state index is 0.458. The van der Waals surface area contributed by atoms with Gasteiger partial charge in [-0.25, -0.2) is 0 Å². The van der Waals surface area contributed by atoms with Crippen LogP contribution in [0.2, 0.25) is 0 Å². The summed E-state index contributed by atoms with van der Waals surface area (Å²) < 4.78 is 5.65. The summed E-state index contributed by atoms with van der Waals surface area (Å²) in [6, 6.07) is 1.34. The van der Waals surface area contributed by atoms with E-state index in [4.69, 9.17) is 4.74 Å². The van der Waals surface area contributed by atoms with Gasteiger partial charge in [0, 0.05) is 19.2 Å². The first-order valence-corrected chi connectivity index (χ1v) is 7.60. The summed E-state index contributed by atoms with van der Waals surface area (Å²) >= 11 is 0. The van der Waals surface area contributed by atoms with Gasteiger partial charge in [0.05, 0.1) is 6.10 Å². The van der Waals surface area contributed by atoms with E-state index < -0.39 is 0 Å². The van der Waals surface area contributed by atoms with Gasteiger partial charge in [-0.2, -0.15) is 0 Å². The molecule has 2 fully saturated rings. The number of hydrogen-bond acceptors (Lipinski definition) is 2. The second kappa shape index (κ2) is 6.75. The van der Waals surface area contributed by atoms with Crippen LogP contribution in [0, 0.1) is 5.92 Å². The molecule has 2 aliphatic rings. The summed E-state index contributed by atoms with van der Waals surface area (Å²) in [5.41, 5.74) is 0. The first-order chi connectivity index (χ1) is 8.31. The Kier molecular flexibility index (Phi) is 5.30. The van der Waals surface area contributed by atoms with Crippen molar-refractivity contribution in [1.29, 1.82) is 0 Å². The summed E-state index contributed by atoms with van der Waals surface area (Å²) in [6.07, 6.45) is 12.8. The van der Waals surface area contributed by atoms with Crippen molar-refractivity contribution in [3.63, 3.8) is 0 Å². The molecule has 2 saturated carbocycles. The van der Waals surface area contributed by atoms with E-state index in [9.17, 15) is 0 Å². The van der Waals surface area contributed by atoms with E-state index in [0.717, 1.165) is 12.0 Å². The van der Waals surface area contributed by atoms with Gasteiger partial charge in [0.15, 0.2) is 0 Å². The lowest BCUT2D eigenvalue weighted by Crippen LogP contribution is -2.49. The highest BCUT2D eigenvalue weighted by atomic mass is 16.5. The Labute approximate surface area is 107 Å². The van der Waals surface area contributed by atoms with Crippen molar-refractivity contribution in [2.75, 3.05) is 7.11 Å². The average Bonchev–Trinajstić information content (AvgIpc) is 2.56. The van der Waals surface area contributed by atoms with E-state index in [1.165, 1.54) is 57.8 Å². The fourth-order valence-electron chi connectivity index (χ4n) is 3.59. The quantitative estimate of drug-likeness (QED) is 0.761. The minimum Gasteiger partial charge on any atom is -0.380 e. The maximum Gasteiger partial charge on any atom is 0.0724 e. The van der Waals surface area contributed by atoms with Crippen molar-refractivity contribution >= 4 is 0 Å². The van der Waals surface area contributed by atoms with Crippen LogP contribution in [0.4, 0.5) is 0 Å². The Balaban J connectivity index is 1.88. The third-order valence-corrected chi connectivity index (χ3v) is 4.79. The van der Waals surface area contributed by atoms with Crippen molar-refractivity contribution in [2.24, 2.45) is 5.92 Å². The van der Waals surface area contributed by atoms with Gasteiger partial charge in [-0.3, -0.25) is 0 Å².